The van der Waals surface area contributed by atoms with Crippen LogP contribution < -0.4 is 10.2 Å². The van der Waals surface area contributed by atoms with E-state index < -0.39 is 0 Å². The first-order valence-corrected chi connectivity index (χ1v) is 12.6. The van der Waals surface area contributed by atoms with Crippen LogP contribution in [0.15, 0.2) is 91.5 Å². The van der Waals surface area contributed by atoms with Gasteiger partial charge in [0.2, 0.25) is 5.91 Å². The van der Waals surface area contributed by atoms with Crippen molar-refractivity contribution in [3.63, 3.8) is 0 Å². The quantitative estimate of drug-likeness (QED) is 0.337. The van der Waals surface area contributed by atoms with Crippen molar-refractivity contribution < 1.29 is 4.79 Å². The van der Waals surface area contributed by atoms with Gasteiger partial charge in [0.1, 0.15) is 0 Å². The van der Waals surface area contributed by atoms with Gasteiger partial charge in [0.25, 0.3) is 0 Å². The second-order valence-electron chi connectivity index (χ2n) is 9.34. The van der Waals surface area contributed by atoms with Crippen LogP contribution in [0.25, 0.3) is 0 Å². The van der Waals surface area contributed by atoms with E-state index in [0.29, 0.717) is 0 Å². The molecule has 3 aromatic rings. The van der Waals surface area contributed by atoms with E-state index in [-0.39, 0.29) is 17.9 Å². The number of carbonyl (C=O) groups is 1. The van der Waals surface area contributed by atoms with E-state index in [0.717, 1.165) is 55.6 Å². The maximum Gasteiger partial charge on any atom is 0.230 e. The number of carbonyl (C=O) groups excluding carboxylic acids is 1. The van der Waals surface area contributed by atoms with Gasteiger partial charge in [-0.3, -0.25) is 4.79 Å². The average Bonchev–Trinajstić information content (AvgIpc) is 2.90. The Morgan fingerprint density at radius 1 is 0.941 bits per heavy atom. The predicted octanol–water partition coefficient (Wildman–Crippen LogP) is 7.70. The summed E-state index contributed by atoms with van der Waals surface area (Å²) in [6, 6.07) is 27.3. The maximum atomic E-state index is 13.7. The van der Waals surface area contributed by atoms with Crippen LogP contribution in [0, 0.1) is 5.92 Å². The molecule has 34 heavy (non-hydrogen) atoms. The molecule has 1 atom stereocenters. The van der Waals surface area contributed by atoms with Gasteiger partial charge in [-0.15, -0.1) is 6.58 Å². The second-order valence-corrected chi connectivity index (χ2v) is 9.34. The molecule has 3 nitrogen and oxygen atoms in total. The number of nitrogens with one attached hydrogen (secondary N) is 1. The summed E-state index contributed by atoms with van der Waals surface area (Å²) in [4.78, 5) is 15.7. The van der Waals surface area contributed by atoms with Crippen molar-refractivity contribution in [3.05, 3.63) is 108 Å². The van der Waals surface area contributed by atoms with Gasteiger partial charge in [0.15, 0.2) is 0 Å². The van der Waals surface area contributed by atoms with Crippen LogP contribution in [0.3, 0.4) is 0 Å². The summed E-state index contributed by atoms with van der Waals surface area (Å²) in [7, 11) is 0. The van der Waals surface area contributed by atoms with Gasteiger partial charge >= 0.3 is 0 Å². The normalized spacial score (nSPS) is 14.9. The molecule has 0 bridgehead atoms. The molecule has 1 aliphatic rings. The summed E-state index contributed by atoms with van der Waals surface area (Å²) in [6.07, 6.45) is 8.38. The number of anilines is 2. The van der Waals surface area contributed by atoms with Crippen LogP contribution in [0.1, 0.15) is 61.8 Å². The number of amides is 1. The largest absolute Gasteiger partial charge is 0.381 e. The fraction of sp³-hybridized carbons (Fsp3) is 0.323. The van der Waals surface area contributed by atoms with Gasteiger partial charge in [-0.1, -0.05) is 79.9 Å². The molecule has 1 amide bonds. The van der Waals surface area contributed by atoms with Gasteiger partial charge in [0.05, 0.1) is 6.04 Å². The molecule has 0 spiro atoms. The van der Waals surface area contributed by atoms with Crippen molar-refractivity contribution in [2.75, 3.05) is 10.2 Å². The first-order valence-electron chi connectivity index (χ1n) is 12.6. The zero-order chi connectivity index (χ0) is 23.8. The molecular formula is C31H36N2O. The highest BCUT2D eigenvalue weighted by Crippen LogP contribution is 2.33. The number of nitrogens with zero attached hydrogens (tertiary/aromatic N) is 1. The van der Waals surface area contributed by atoms with E-state index >= 15 is 0 Å². The zero-order valence-electron chi connectivity index (χ0n) is 20.2. The van der Waals surface area contributed by atoms with Crippen molar-refractivity contribution in [2.24, 2.45) is 5.92 Å². The van der Waals surface area contributed by atoms with Crippen LogP contribution >= 0.6 is 0 Å². The summed E-state index contributed by atoms with van der Waals surface area (Å²) < 4.78 is 0. The van der Waals surface area contributed by atoms with E-state index in [1.165, 1.54) is 17.5 Å². The molecule has 0 aliphatic heterocycles. The molecule has 0 heterocycles. The van der Waals surface area contributed by atoms with Crippen LogP contribution in [-0.4, -0.2) is 5.91 Å². The Balaban J connectivity index is 1.49. The van der Waals surface area contributed by atoms with Crippen molar-refractivity contribution >= 4 is 17.3 Å². The fourth-order valence-corrected chi connectivity index (χ4v) is 4.87. The Morgan fingerprint density at radius 2 is 1.59 bits per heavy atom. The van der Waals surface area contributed by atoms with Crippen molar-refractivity contribution in [3.8, 4) is 0 Å². The van der Waals surface area contributed by atoms with Crippen molar-refractivity contribution in [2.45, 2.75) is 58.0 Å². The molecule has 0 unspecified atom stereocenters. The van der Waals surface area contributed by atoms with E-state index in [1.54, 1.807) is 0 Å². The summed E-state index contributed by atoms with van der Waals surface area (Å²) in [5.74, 6) is 0.395. The van der Waals surface area contributed by atoms with E-state index in [2.05, 4.69) is 79.5 Å². The lowest BCUT2D eigenvalue weighted by Gasteiger charge is -2.34. The smallest absolute Gasteiger partial charge is 0.230 e. The van der Waals surface area contributed by atoms with Gasteiger partial charge in [-0.2, -0.15) is 0 Å². The first kappa shape index (κ1) is 23.8. The Hall–Kier alpha value is -3.33. The molecule has 0 aromatic heterocycles. The minimum atomic E-state index is -0.00585. The highest BCUT2D eigenvalue weighted by Gasteiger charge is 2.30. The SMILES string of the molecule is C=CCc1ccc(NCc2ccc(N(C(=O)C3CCCCC3)[C@@H](C)c3ccccc3)cc2)cc1. The summed E-state index contributed by atoms with van der Waals surface area (Å²) >= 11 is 0. The van der Waals surface area contributed by atoms with Crippen LogP contribution in [-0.2, 0) is 17.8 Å². The van der Waals surface area contributed by atoms with Crippen LogP contribution in [0.2, 0.25) is 0 Å². The Morgan fingerprint density at radius 3 is 2.24 bits per heavy atom. The lowest BCUT2D eigenvalue weighted by molar-refractivity contribution is -0.123. The highest BCUT2D eigenvalue weighted by atomic mass is 16.2. The van der Waals surface area contributed by atoms with E-state index in [9.17, 15) is 4.79 Å². The standard InChI is InChI=1S/C31H36N2O/c1-3-10-25-15-19-29(20-16-25)32-23-26-17-21-30(22-18-26)33(24(2)27-11-6-4-7-12-27)31(34)28-13-8-5-9-14-28/h3-4,6-7,11-12,15-22,24,28,32H,1,5,8-10,13-14,23H2,2H3/t24-/m0/s1. The molecule has 1 saturated carbocycles. The van der Waals surface area contributed by atoms with Gasteiger partial charge in [0, 0.05) is 23.8 Å². The zero-order valence-corrected chi connectivity index (χ0v) is 20.2. The minimum absolute atomic E-state index is 0.00585. The molecule has 1 N–H and O–H groups in total. The number of hydrogen-bond acceptors (Lipinski definition) is 2. The monoisotopic (exact) mass is 452 g/mol. The molecule has 3 heteroatoms. The number of rotatable bonds is 9. The number of allylic oxidation sites excluding steroid dienone is 1. The van der Waals surface area contributed by atoms with Crippen molar-refractivity contribution in [1.29, 1.82) is 0 Å². The van der Waals surface area contributed by atoms with Gasteiger partial charge in [-0.05, 0) is 67.1 Å². The average molecular weight is 453 g/mol. The predicted molar refractivity (Wildman–Crippen MR) is 143 cm³/mol. The molecule has 0 saturated heterocycles. The molecule has 1 aliphatic carbocycles. The third-order valence-electron chi connectivity index (χ3n) is 6.91. The van der Waals surface area contributed by atoms with Gasteiger partial charge < -0.3 is 10.2 Å². The van der Waals surface area contributed by atoms with E-state index in [1.807, 2.05) is 29.2 Å². The number of benzene rings is 3. The molecule has 4 rings (SSSR count). The molecule has 0 radical (unpaired) electrons. The molecule has 1 fully saturated rings. The third-order valence-corrected chi connectivity index (χ3v) is 6.91. The van der Waals surface area contributed by atoms with E-state index in [4.69, 9.17) is 0 Å². The second kappa shape index (κ2) is 11.7. The van der Waals surface area contributed by atoms with Gasteiger partial charge in [-0.25, -0.2) is 0 Å². The number of hydrogen-bond donors (Lipinski definition) is 1. The van der Waals surface area contributed by atoms with Crippen molar-refractivity contribution in [1.82, 2.24) is 0 Å². The lowest BCUT2D eigenvalue weighted by Crippen LogP contribution is -2.39. The molecule has 176 valence electrons. The third kappa shape index (κ3) is 5.96. The summed E-state index contributed by atoms with van der Waals surface area (Å²) in [5, 5.41) is 3.50. The fourth-order valence-electron chi connectivity index (χ4n) is 4.87. The highest BCUT2D eigenvalue weighted by molar-refractivity contribution is 5.95. The molecule has 3 aromatic carbocycles. The Kier molecular flexibility index (Phi) is 8.19. The Bertz CT molecular complexity index is 1050. The topological polar surface area (TPSA) is 32.3 Å². The van der Waals surface area contributed by atoms with Crippen LogP contribution in [0.5, 0.6) is 0 Å². The summed E-state index contributed by atoms with van der Waals surface area (Å²) in [6.45, 7) is 6.68. The maximum absolute atomic E-state index is 13.7. The lowest BCUT2D eigenvalue weighted by atomic mass is 9.87. The Labute approximate surface area is 204 Å². The van der Waals surface area contributed by atoms with Crippen LogP contribution in [0.4, 0.5) is 11.4 Å². The molecular weight excluding hydrogens is 416 g/mol. The first-order chi connectivity index (χ1) is 16.7. The summed E-state index contributed by atoms with van der Waals surface area (Å²) in [5.41, 5.74) is 5.70. The minimum Gasteiger partial charge on any atom is -0.381 e.